The van der Waals surface area contributed by atoms with E-state index in [1.807, 2.05) is 18.2 Å². The van der Waals surface area contributed by atoms with Crippen LogP contribution in [0.25, 0.3) is 0 Å². The summed E-state index contributed by atoms with van der Waals surface area (Å²) in [5.74, 6) is 1.51. The molecule has 0 spiro atoms. The number of amides is 1. The van der Waals surface area contributed by atoms with E-state index in [1.54, 1.807) is 0 Å². The van der Waals surface area contributed by atoms with Crippen LogP contribution in [0.5, 0.6) is 11.5 Å². The highest BCUT2D eigenvalue weighted by molar-refractivity contribution is 5.79. The van der Waals surface area contributed by atoms with Gasteiger partial charge in [-0.1, -0.05) is 18.9 Å². The molecule has 190 valence electrons. The van der Waals surface area contributed by atoms with Crippen LogP contribution < -0.4 is 14.8 Å². The monoisotopic (exact) mass is 485 g/mol. The van der Waals surface area contributed by atoms with Crippen molar-refractivity contribution < 1.29 is 32.2 Å². The predicted octanol–water partition coefficient (Wildman–Crippen LogP) is 2.93. The van der Waals surface area contributed by atoms with Crippen LogP contribution in [0, 0.1) is 0 Å². The Morgan fingerprint density at radius 1 is 1.03 bits per heavy atom. The van der Waals surface area contributed by atoms with Crippen molar-refractivity contribution in [3.8, 4) is 11.5 Å². The lowest BCUT2D eigenvalue weighted by Crippen LogP contribution is -2.52. The van der Waals surface area contributed by atoms with Gasteiger partial charge in [0.15, 0.2) is 11.5 Å². The van der Waals surface area contributed by atoms with Crippen molar-refractivity contribution in [2.45, 2.75) is 43.8 Å². The quantitative estimate of drug-likeness (QED) is 0.543. The Labute approximate surface area is 198 Å². The smallest absolute Gasteiger partial charge is 0.411 e. The van der Waals surface area contributed by atoms with Crippen LogP contribution in [0.2, 0.25) is 0 Å². The highest BCUT2D eigenvalue weighted by atomic mass is 19.4. The first kappa shape index (κ1) is 25.1. The number of hydrogen-bond donors (Lipinski definition) is 1. The number of carbonyl (C=O) groups is 1. The summed E-state index contributed by atoms with van der Waals surface area (Å²) in [5, 5.41) is 3.34. The molecule has 0 radical (unpaired) electrons. The lowest BCUT2D eigenvalue weighted by atomic mass is 9.87. The van der Waals surface area contributed by atoms with Gasteiger partial charge in [0.05, 0.1) is 12.1 Å². The van der Waals surface area contributed by atoms with E-state index < -0.39 is 12.8 Å². The summed E-state index contributed by atoms with van der Waals surface area (Å²) < 4.78 is 52.4. The van der Waals surface area contributed by atoms with Gasteiger partial charge < -0.3 is 24.4 Å². The van der Waals surface area contributed by atoms with Crippen LogP contribution >= 0.6 is 0 Å². The van der Waals surface area contributed by atoms with E-state index in [2.05, 4.69) is 19.9 Å². The molecule has 1 aromatic rings. The van der Waals surface area contributed by atoms with Crippen molar-refractivity contribution in [3.63, 3.8) is 0 Å². The van der Waals surface area contributed by atoms with Gasteiger partial charge in [-0.3, -0.25) is 9.69 Å². The zero-order valence-corrected chi connectivity index (χ0v) is 19.5. The Kier molecular flexibility index (Phi) is 8.21. The van der Waals surface area contributed by atoms with Crippen molar-refractivity contribution in [1.29, 1.82) is 0 Å². The maximum atomic E-state index is 13.0. The van der Waals surface area contributed by atoms with Gasteiger partial charge in [-0.05, 0) is 37.0 Å². The van der Waals surface area contributed by atoms with Crippen LogP contribution in [0.4, 0.5) is 13.2 Å². The van der Waals surface area contributed by atoms with Gasteiger partial charge in [-0.25, -0.2) is 0 Å². The molecule has 3 aliphatic rings. The van der Waals surface area contributed by atoms with E-state index >= 15 is 0 Å². The van der Waals surface area contributed by atoms with Crippen LogP contribution in [0.1, 0.15) is 37.7 Å². The minimum atomic E-state index is -4.27. The summed E-state index contributed by atoms with van der Waals surface area (Å²) >= 11 is 0. The van der Waals surface area contributed by atoms with Crippen LogP contribution in [-0.2, 0) is 15.1 Å². The topological polar surface area (TPSA) is 63.3 Å². The molecule has 1 aromatic carbocycles. The number of benzene rings is 1. The van der Waals surface area contributed by atoms with Crippen LogP contribution in [-0.4, -0.2) is 87.6 Å². The maximum absolute atomic E-state index is 13.0. The number of fused-ring (bicyclic) bond motifs is 1. The number of halogens is 3. The van der Waals surface area contributed by atoms with Gasteiger partial charge in [0.1, 0.15) is 19.8 Å². The molecule has 34 heavy (non-hydrogen) atoms. The number of alkyl halides is 3. The van der Waals surface area contributed by atoms with Crippen molar-refractivity contribution in [2.24, 2.45) is 0 Å². The van der Waals surface area contributed by atoms with E-state index in [0.29, 0.717) is 32.7 Å². The first-order chi connectivity index (χ1) is 16.3. The number of nitrogens with zero attached hydrogens (tertiary/aromatic N) is 2. The van der Waals surface area contributed by atoms with Crippen LogP contribution in [0.3, 0.4) is 0 Å². The molecule has 10 heteroatoms. The SMILES string of the molecule is O=C(CN1CCN(CCCOCC(F)(F)F)CC1)NC1(c2ccc3c(c2)OCCO3)CCCC1. The summed E-state index contributed by atoms with van der Waals surface area (Å²) in [4.78, 5) is 17.4. The molecule has 1 saturated carbocycles. The van der Waals surface area contributed by atoms with Gasteiger partial charge in [-0.2, -0.15) is 13.2 Å². The summed E-state index contributed by atoms with van der Waals surface area (Å²) in [6, 6.07) is 5.98. The molecule has 0 aromatic heterocycles. The largest absolute Gasteiger partial charge is 0.486 e. The number of hydrogen-bond acceptors (Lipinski definition) is 6. The molecular weight excluding hydrogens is 451 g/mol. The standard InChI is InChI=1S/C24H34F3N3O4/c25-24(26,27)18-32-13-3-8-29-9-11-30(12-10-29)17-22(31)28-23(6-1-2-7-23)19-4-5-20-21(16-19)34-15-14-33-20/h4-5,16H,1-3,6-15,17-18H2,(H,28,31). The Morgan fingerprint density at radius 3 is 2.41 bits per heavy atom. The van der Waals surface area contributed by atoms with Gasteiger partial charge in [0, 0.05) is 39.3 Å². The number of nitrogens with one attached hydrogen (secondary N) is 1. The predicted molar refractivity (Wildman–Crippen MR) is 120 cm³/mol. The third kappa shape index (κ3) is 6.76. The zero-order valence-electron chi connectivity index (χ0n) is 19.5. The summed E-state index contributed by atoms with van der Waals surface area (Å²) in [6.45, 7) is 4.13. The van der Waals surface area contributed by atoms with E-state index in [0.717, 1.165) is 68.9 Å². The van der Waals surface area contributed by atoms with E-state index in [-0.39, 0.29) is 18.1 Å². The Hall–Kier alpha value is -2.04. The molecule has 4 rings (SSSR count). The molecule has 2 fully saturated rings. The fourth-order valence-electron chi connectivity index (χ4n) is 5.06. The maximum Gasteiger partial charge on any atom is 0.411 e. The molecule has 0 atom stereocenters. The molecule has 2 aliphatic heterocycles. The first-order valence-corrected chi connectivity index (χ1v) is 12.1. The summed E-state index contributed by atoms with van der Waals surface area (Å²) in [7, 11) is 0. The molecule has 0 unspecified atom stereocenters. The molecule has 1 amide bonds. The Bertz CT molecular complexity index is 822. The number of carbonyl (C=O) groups excluding carboxylic acids is 1. The fraction of sp³-hybridized carbons (Fsp3) is 0.708. The summed E-state index contributed by atoms with van der Waals surface area (Å²) in [5.41, 5.74) is 0.700. The highest BCUT2D eigenvalue weighted by Crippen LogP contribution is 2.42. The van der Waals surface area contributed by atoms with Crippen LogP contribution in [0.15, 0.2) is 18.2 Å². The molecule has 2 heterocycles. The van der Waals surface area contributed by atoms with Gasteiger partial charge >= 0.3 is 6.18 Å². The average Bonchev–Trinajstić information content (AvgIpc) is 3.28. The third-order valence-corrected chi connectivity index (χ3v) is 6.79. The third-order valence-electron chi connectivity index (χ3n) is 6.79. The van der Waals surface area contributed by atoms with Gasteiger partial charge in [0.2, 0.25) is 5.91 Å². The van der Waals surface area contributed by atoms with Crippen molar-refractivity contribution in [3.05, 3.63) is 23.8 Å². The zero-order chi connectivity index (χ0) is 24.0. The summed E-state index contributed by atoms with van der Waals surface area (Å²) in [6.07, 6.45) is 0.241. The second-order valence-electron chi connectivity index (χ2n) is 9.33. The normalized spacial score (nSPS) is 20.9. The minimum absolute atomic E-state index is 0.0192. The minimum Gasteiger partial charge on any atom is -0.486 e. The second-order valence-corrected chi connectivity index (χ2v) is 9.33. The molecular formula is C24H34F3N3O4. The molecule has 0 bridgehead atoms. The first-order valence-electron chi connectivity index (χ1n) is 12.1. The Morgan fingerprint density at radius 2 is 1.71 bits per heavy atom. The molecule has 1 saturated heterocycles. The molecule has 1 aliphatic carbocycles. The lowest BCUT2D eigenvalue weighted by molar-refractivity contribution is -0.174. The van der Waals surface area contributed by atoms with Gasteiger partial charge in [-0.15, -0.1) is 0 Å². The second kappa shape index (κ2) is 11.1. The van der Waals surface area contributed by atoms with Crippen molar-refractivity contribution in [1.82, 2.24) is 15.1 Å². The molecule has 7 nitrogen and oxygen atoms in total. The van der Waals surface area contributed by atoms with Gasteiger partial charge in [0.25, 0.3) is 0 Å². The fourth-order valence-corrected chi connectivity index (χ4v) is 5.06. The number of piperazine rings is 1. The van der Waals surface area contributed by atoms with E-state index in [9.17, 15) is 18.0 Å². The van der Waals surface area contributed by atoms with Crippen molar-refractivity contribution >= 4 is 5.91 Å². The number of rotatable bonds is 9. The lowest BCUT2D eigenvalue weighted by Gasteiger charge is -2.36. The molecule has 1 N–H and O–H groups in total. The Balaban J connectivity index is 1.22. The average molecular weight is 486 g/mol. The van der Waals surface area contributed by atoms with E-state index in [4.69, 9.17) is 9.47 Å². The number of ether oxygens (including phenoxy) is 3. The highest BCUT2D eigenvalue weighted by Gasteiger charge is 2.38. The van der Waals surface area contributed by atoms with E-state index in [1.165, 1.54) is 0 Å². The van der Waals surface area contributed by atoms with Crippen molar-refractivity contribution in [2.75, 3.05) is 65.7 Å².